The van der Waals surface area contributed by atoms with E-state index >= 15 is 0 Å². The molecule has 0 aliphatic carbocycles. The molecule has 1 aromatic rings. The van der Waals surface area contributed by atoms with Gasteiger partial charge in [-0.15, -0.1) is 0 Å². The summed E-state index contributed by atoms with van der Waals surface area (Å²) < 4.78 is 79.3. The Morgan fingerprint density at radius 1 is 1.12 bits per heavy atom. The third-order valence-corrected chi connectivity index (χ3v) is 5.52. The second-order valence-corrected chi connectivity index (χ2v) is 7.62. The van der Waals surface area contributed by atoms with Gasteiger partial charge in [0.05, 0.1) is 0 Å². The SMILES string of the molecule is CC(C)CCC1C(=O)N(c2c(F)c(F)nc(F)c2F)S(=O)(=O)N1C. The second kappa shape index (κ2) is 6.28. The fraction of sp³-hybridized carbons (Fsp3) is 0.538. The molecule has 11 heteroatoms. The van der Waals surface area contributed by atoms with Crippen molar-refractivity contribution in [2.75, 3.05) is 11.4 Å². The van der Waals surface area contributed by atoms with Crippen LogP contribution in [0.1, 0.15) is 26.7 Å². The molecule has 1 amide bonds. The first kappa shape index (κ1) is 18.6. The van der Waals surface area contributed by atoms with Crippen LogP contribution in [0.4, 0.5) is 23.2 Å². The molecule has 1 saturated heterocycles. The summed E-state index contributed by atoms with van der Waals surface area (Å²) >= 11 is 0. The molecule has 2 heterocycles. The average molecular weight is 369 g/mol. The van der Waals surface area contributed by atoms with E-state index in [-0.39, 0.29) is 16.6 Å². The number of carbonyl (C=O) groups is 1. The maximum Gasteiger partial charge on any atom is 0.311 e. The lowest BCUT2D eigenvalue weighted by molar-refractivity contribution is -0.119. The van der Waals surface area contributed by atoms with Crippen molar-refractivity contribution in [1.82, 2.24) is 9.29 Å². The van der Waals surface area contributed by atoms with Gasteiger partial charge in [0, 0.05) is 7.05 Å². The van der Waals surface area contributed by atoms with Crippen molar-refractivity contribution in [3.63, 3.8) is 0 Å². The highest BCUT2D eigenvalue weighted by atomic mass is 32.2. The Labute approximate surface area is 136 Å². The number of likely N-dealkylation sites (N-methyl/N-ethyl adjacent to an activating group) is 1. The molecule has 0 aromatic carbocycles. The molecule has 1 unspecified atom stereocenters. The molecule has 0 bridgehead atoms. The number of hydrogen-bond acceptors (Lipinski definition) is 4. The lowest BCUT2D eigenvalue weighted by atomic mass is 10.0. The van der Waals surface area contributed by atoms with Gasteiger partial charge in [0.1, 0.15) is 11.7 Å². The van der Waals surface area contributed by atoms with Gasteiger partial charge in [-0.1, -0.05) is 13.8 Å². The Morgan fingerprint density at radius 3 is 2.08 bits per heavy atom. The van der Waals surface area contributed by atoms with E-state index in [1.165, 1.54) is 0 Å². The third kappa shape index (κ3) is 2.86. The summed E-state index contributed by atoms with van der Waals surface area (Å²) in [7, 11) is -3.61. The van der Waals surface area contributed by atoms with Crippen molar-refractivity contribution in [2.24, 2.45) is 5.92 Å². The van der Waals surface area contributed by atoms with Crippen LogP contribution >= 0.6 is 0 Å². The molecule has 2 rings (SSSR count). The molecular weight excluding hydrogens is 354 g/mol. The first-order chi connectivity index (χ1) is 11.0. The smallest absolute Gasteiger partial charge is 0.271 e. The van der Waals surface area contributed by atoms with Crippen molar-refractivity contribution in [3.8, 4) is 0 Å². The molecular formula is C13H15F4N3O3S. The normalized spacial score (nSPS) is 21.1. The monoisotopic (exact) mass is 369 g/mol. The number of halogens is 4. The minimum atomic E-state index is -4.67. The van der Waals surface area contributed by atoms with E-state index in [0.29, 0.717) is 10.7 Å². The van der Waals surface area contributed by atoms with Crippen LogP contribution in [0.3, 0.4) is 0 Å². The quantitative estimate of drug-likeness (QED) is 0.601. The summed E-state index contributed by atoms with van der Waals surface area (Å²) in [6.45, 7) is 3.69. The standard InChI is InChI=1S/C13H15F4N3O3S/c1-6(2)4-5-7-13(21)20(24(22,23)19(7)3)10-8(14)11(16)18-12(17)9(10)15/h6-7H,4-5H2,1-3H3. The second-order valence-electron chi connectivity index (χ2n) is 5.78. The predicted octanol–water partition coefficient (Wildman–Crippen LogP) is 1.97. The first-order valence-corrected chi connectivity index (χ1v) is 8.42. The maximum atomic E-state index is 13.9. The molecule has 0 saturated carbocycles. The Bertz CT molecular complexity index is 759. The molecule has 1 aromatic heterocycles. The highest BCUT2D eigenvalue weighted by Gasteiger charge is 2.51. The molecule has 1 aliphatic rings. The molecule has 0 radical (unpaired) electrons. The van der Waals surface area contributed by atoms with Crippen LogP contribution in [0, 0.1) is 29.4 Å². The van der Waals surface area contributed by atoms with Gasteiger partial charge >= 0.3 is 10.2 Å². The van der Waals surface area contributed by atoms with E-state index < -0.39 is 51.4 Å². The number of nitrogens with zero attached hydrogens (tertiary/aromatic N) is 3. The van der Waals surface area contributed by atoms with Gasteiger partial charge in [0.2, 0.25) is 11.6 Å². The van der Waals surface area contributed by atoms with E-state index in [4.69, 9.17) is 0 Å². The predicted molar refractivity (Wildman–Crippen MR) is 76.1 cm³/mol. The summed E-state index contributed by atoms with van der Waals surface area (Å²) in [5, 5.41) is 0. The fourth-order valence-corrected chi connectivity index (χ4v) is 3.89. The average Bonchev–Trinajstić information content (AvgIpc) is 2.63. The summed E-state index contributed by atoms with van der Waals surface area (Å²) in [5.41, 5.74) is -1.62. The summed E-state index contributed by atoms with van der Waals surface area (Å²) in [6, 6.07) is -1.21. The zero-order valence-electron chi connectivity index (χ0n) is 13.1. The Kier molecular flexibility index (Phi) is 4.86. The molecule has 0 spiro atoms. The van der Waals surface area contributed by atoms with E-state index in [1.54, 1.807) is 0 Å². The van der Waals surface area contributed by atoms with Gasteiger partial charge in [-0.3, -0.25) is 4.79 Å². The van der Waals surface area contributed by atoms with E-state index in [9.17, 15) is 30.8 Å². The highest BCUT2D eigenvalue weighted by molar-refractivity contribution is 7.91. The Morgan fingerprint density at radius 2 is 1.62 bits per heavy atom. The van der Waals surface area contributed by atoms with Crippen LogP contribution in [-0.2, 0) is 15.0 Å². The molecule has 6 nitrogen and oxygen atoms in total. The van der Waals surface area contributed by atoms with Crippen molar-refractivity contribution in [3.05, 3.63) is 23.5 Å². The minimum Gasteiger partial charge on any atom is -0.271 e. The van der Waals surface area contributed by atoms with Gasteiger partial charge in [0.15, 0.2) is 0 Å². The van der Waals surface area contributed by atoms with Gasteiger partial charge in [-0.05, 0) is 18.8 Å². The van der Waals surface area contributed by atoms with Crippen LogP contribution in [0.2, 0.25) is 0 Å². The number of anilines is 1. The van der Waals surface area contributed by atoms with E-state index in [0.717, 1.165) is 7.05 Å². The van der Waals surface area contributed by atoms with Gasteiger partial charge < -0.3 is 0 Å². The summed E-state index contributed by atoms with van der Waals surface area (Å²) in [6.07, 6.45) is 0.566. The number of aromatic nitrogens is 1. The van der Waals surface area contributed by atoms with Gasteiger partial charge in [0.25, 0.3) is 17.8 Å². The van der Waals surface area contributed by atoms with Gasteiger partial charge in [-0.25, -0.2) is 0 Å². The number of carbonyl (C=O) groups excluding carboxylic acids is 1. The molecule has 1 fully saturated rings. The van der Waals surface area contributed by atoms with Gasteiger partial charge in [-0.2, -0.15) is 39.6 Å². The summed E-state index contributed by atoms with van der Waals surface area (Å²) in [4.78, 5) is 14.7. The van der Waals surface area contributed by atoms with Crippen LogP contribution in [-0.4, -0.2) is 36.7 Å². The molecule has 1 aliphatic heterocycles. The number of rotatable bonds is 4. The largest absolute Gasteiger partial charge is 0.311 e. The topological polar surface area (TPSA) is 70.6 Å². The van der Waals surface area contributed by atoms with E-state index in [2.05, 4.69) is 4.98 Å². The number of hydrogen-bond donors (Lipinski definition) is 0. The fourth-order valence-electron chi connectivity index (χ4n) is 2.37. The third-order valence-electron chi connectivity index (χ3n) is 3.71. The van der Waals surface area contributed by atoms with Crippen molar-refractivity contribution >= 4 is 21.8 Å². The first-order valence-electron chi connectivity index (χ1n) is 7.02. The number of pyridine rings is 1. The maximum absolute atomic E-state index is 13.9. The lowest BCUT2D eigenvalue weighted by Gasteiger charge is -2.17. The molecule has 0 N–H and O–H groups in total. The zero-order valence-corrected chi connectivity index (χ0v) is 13.9. The van der Waals surface area contributed by atoms with E-state index in [1.807, 2.05) is 13.8 Å². The van der Waals surface area contributed by atoms with Crippen LogP contribution in [0.25, 0.3) is 0 Å². The molecule has 24 heavy (non-hydrogen) atoms. The van der Waals surface area contributed by atoms with Crippen LogP contribution in [0.5, 0.6) is 0 Å². The zero-order chi connectivity index (χ0) is 18.4. The molecule has 134 valence electrons. The van der Waals surface area contributed by atoms with Crippen molar-refractivity contribution < 1.29 is 30.8 Å². The van der Waals surface area contributed by atoms with Crippen molar-refractivity contribution in [1.29, 1.82) is 0 Å². The van der Waals surface area contributed by atoms with Crippen molar-refractivity contribution in [2.45, 2.75) is 32.7 Å². The van der Waals surface area contributed by atoms with Crippen LogP contribution in [0.15, 0.2) is 0 Å². The Hall–Kier alpha value is -1.75. The highest BCUT2D eigenvalue weighted by Crippen LogP contribution is 2.35. The lowest BCUT2D eigenvalue weighted by Crippen LogP contribution is -2.34. The summed E-state index contributed by atoms with van der Waals surface area (Å²) in [5.74, 6) is -9.22. The van der Waals surface area contributed by atoms with Crippen LogP contribution < -0.4 is 4.31 Å². The minimum absolute atomic E-state index is 0.0992. The molecule has 1 atom stereocenters. The Balaban J connectivity index is 2.57. The number of amides is 1.